The third-order valence-electron chi connectivity index (χ3n) is 9.26. The Labute approximate surface area is 468 Å². The van der Waals surface area contributed by atoms with E-state index < -0.39 is 43.3 Å². The lowest BCUT2D eigenvalue weighted by atomic mass is 10.1. The van der Waals surface area contributed by atoms with Crippen molar-refractivity contribution < 1.29 is 45.5 Å². The van der Waals surface area contributed by atoms with Crippen molar-refractivity contribution in [3.63, 3.8) is 0 Å². The predicted octanol–water partition coefficient (Wildman–Crippen LogP) is 12.1. The highest BCUT2D eigenvalue weighted by Gasteiger charge is 2.28. The van der Waals surface area contributed by atoms with E-state index in [1.165, 1.54) is 54.9 Å². The van der Waals surface area contributed by atoms with Gasteiger partial charge in [-0.3, -0.25) is 30.2 Å². The number of thiazole rings is 2. The fraction of sp³-hybridized carbons (Fsp3) is 0.385. The van der Waals surface area contributed by atoms with Crippen LogP contribution in [0.2, 0.25) is 0 Å². The van der Waals surface area contributed by atoms with Gasteiger partial charge in [-0.05, 0) is 159 Å². The molecule has 0 aliphatic rings. The SMILES string of the molecule is C.CC(=O)Nc1ccc(-c2cnc(-c3ncc(NC(=O)OC(C)C)cc3C)s2)c(S(=O)(=O)NC(C)(C)C)c1.CC(=O)Nc1ccc(C)c(S(=O)(=O)NC(C)(C)C)c1.Cc1cc(NC(=O)OC(C)C)cnc1-c1ncc(Br)s1. The molecule has 0 unspecified atom stereocenters. The number of nitrogens with zero attached hydrogens (tertiary/aromatic N) is 4. The molecule has 0 bridgehead atoms. The molecule has 0 saturated carbocycles. The normalized spacial score (nSPS) is 11.5. The summed E-state index contributed by atoms with van der Waals surface area (Å²) in [6.45, 7) is 25.9. The number of hydrogen-bond acceptors (Lipinski definition) is 16. The Balaban J connectivity index is 0.000000330. The molecule has 4 heterocycles. The quantitative estimate of drug-likeness (QED) is 0.0627. The van der Waals surface area contributed by atoms with Gasteiger partial charge in [0, 0.05) is 48.1 Å². The smallest absolute Gasteiger partial charge is 0.411 e. The Morgan fingerprint density at radius 2 is 0.961 bits per heavy atom. The van der Waals surface area contributed by atoms with Gasteiger partial charge in [0.1, 0.15) is 21.4 Å². The second-order valence-electron chi connectivity index (χ2n) is 19.7. The van der Waals surface area contributed by atoms with Gasteiger partial charge in [-0.15, -0.1) is 22.7 Å². The molecule has 2 aromatic carbocycles. The van der Waals surface area contributed by atoms with E-state index >= 15 is 0 Å². The van der Waals surface area contributed by atoms with E-state index in [1.54, 1.807) is 125 Å². The topological polar surface area (TPSA) is 279 Å². The summed E-state index contributed by atoms with van der Waals surface area (Å²) in [4.78, 5) is 64.3. The minimum absolute atomic E-state index is 0. The molecule has 6 rings (SSSR count). The van der Waals surface area contributed by atoms with Gasteiger partial charge in [-0.25, -0.2) is 45.8 Å². The molecular formula is C52H69BrN10O10S4. The summed E-state index contributed by atoms with van der Waals surface area (Å²) < 4.78 is 67.5. The molecule has 0 spiro atoms. The van der Waals surface area contributed by atoms with Gasteiger partial charge >= 0.3 is 12.2 Å². The lowest BCUT2D eigenvalue weighted by Crippen LogP contribution is -2.40. The van der Waals surface area contributed by atoms with Crippen molar-refractivity contribution >= 4 is 105 Å². The monoisotopic (exact) mass is 1200 g/mol. The molecule has 6 N–H and O–H groups in total. The zero-order chi connectivity index (χ0) is 57.1. The van der Waals surface area contributed by atoms with Gasteiger partial charge in [-0.1, -0.05) is 19.6 Å². The number of aromatic nitrogens is 4. The molecule has 0 saturated heterocycles. The van der Waals surface area contributed by atoms with Gasteiger partial charge in [0.15, 0.2) is 0 Å². The Morgan fingerprint density at radius 1 is 0.545 bits per heavy atom. The second-order valence-corrected chi connectivity index (χ2v) is 26.4. The first-order valence-corrected chi connectivity index (χ1v) is 28.8. The number of anilines is 4. The molecule has 77 heavy (non-hydrogen) atoms. The van der Waals surface area contributed by atoms with Crippen LogP contribution in [-0.4, -0.2) is 84.1 Å². The molecule has 0 fully saturated rings. The average Bonchev–Trinajstić information content (AvgIpc) is 3.92. The van der Waals surface area contributed by atoms with Crippen molar-refractivity contribution in [2.45, 2.75) is 144 Å². The molecule has 25 heteroatoms. The summed E-state index contributed by atoms with van der Waals surface area (Å²) in [5.41, 5.74) is 4.85. The molecule has 0 aliphatic carbocycles. The lowest BCUT2D eigenvalue weighted by Gasteiger charge is -2.22. The van der Waals surface area contributed by atoms with Gasteiger partial charge < -0.3 is 20.1 Å². The van der Waals surface area contributed by atoms with Crippen molar-refractivity contribution in [1.29, 1.82) is 0 Å². The van der Waals surface area contributed by atoms with E-state index in [2.05, 4.69) is 66.6 Å². The van der Waals surface area contributed by atoms with E-state index in [9.17, 15) is 36.0 Å². The highest BCUT2D eigenvalue weighted by atomic mass is 79.9. The van der Waals surface area contributed by atoms with E-state index in [4.69, 9.17) is 9.47 Å². The van der Waals surface area contributed by atoms with Crippen LogP contribution in [0.15, 0.2) is 86.9 Å². The zero-order valence-corrected chi connectivity index (χ0v) is 49.8. The third kappa shape index (κ3) is 20.9. The van der Waals surface area contributed by atoms with Crippen molar-refractivity contribution in [2.75, 3.05) is 21.3 Å². The molecule has 0 radical (unpaired) electrons. The van der Waals surface area contributed by atoms with Crippen molar-refractivity contribution in [1.82, 2.24) is 29.4 Å². The fourth-order valence-corrected chi connectivity index (χ4v) is 12.4. The predicted molar refractivity (Wildman–Crippen MR) is 310 cm³/mol. The summed E-state index contributed by atoms with van der Waals surface area (Å²) in [6.07, 6.45) is 4.99. The molecule has 20 nitrogen and oxygen atoms in total. The van der Waals surface area contributed by atoms with Crippen LogP contribution in [0.3, 0.4) is 0 Å². The number of amides is 4. The number of sulfonamides is 2. The minimum Gasteiger partial charge on any atom is -0.447 e. The van der Waals surface area contributed by atoms with E-state index in [-0.39, 0.29) is 41.2 Å². The molecule has 418 valence electrons. The fourth-order valence-electron chi connectivity index (χ4n) is 6.64. The largest absolute Gasteiger partial charge is 0.447 e. The van der Waals surface area contributed by atoms with Crippen molar-refractivity contribution in [2.24, 2.45) is 0 Å². The first-order chi connectivity index (χ1) is 35.1. The second kappa shape index (κ2) is 27.4. The standard InChI is InChI=1S/C25H31N5O5S2.C13H14BrN3O2S.C13H20N2O3S.CH4/c1-14(2)35-24(32)29-18-10-15(3)22(26-12-18)23-27-13-20(36-23)19-9-8-17(28-16(4)31)11-21(19)37(33,34)30-25(5,6)7;1-7(2)19-13(18)17-9-4-8(3)11(15-5-9)12-16-6-10(14)20-12;1-9-6-7-11(14-10(2)16)8-12(9)19(17,18)15-13(3,4)5;/h8-14,30H,1-7H3,(H,28,31)(H,29,32);4-7H,1-3H3,(H,17,18);6-8,15H,1-5H3,(H,14,16);1H4. The zero-order valence-electron chi connectivity index (χ0n) is 45.0. The maximum Gasteiger partial charge on any atom is 0.411 e. The van der Waals surface area contributed by atoms with Crippen molar-refractivity contribution in [3.8, 4) is 31.8 Å². The maximum atomic E-state index is 13.3. The number of carbonyl (C=O) groups is 4. The van der Waals surface area contributed by atoms with Crippen LogP contribution in [0.5, 0.6) is 0 Å². The Hall–Kier alpha value is -6.22. The summed E-state index contributed by atoms with van der Waals surface area (Å²) in [5.74, 6) is -0.548. The Morgan fingerprint density at radius 3 is 1.36 bits per heavy atom. The summed E-state index contributed by atoms with van der Waals surface area (Å²) in [7, 11) is -7.54. The molecule has 4 amide bonds. The van der Waals surface area contributed by atoms with Crippen LogP contribution in [-0.2, 0) is 39.1 Å². The average molecular weight is 1200 g/mol. The van der Waals surface area contributed by atoms with E-state index in [1.807, 2.05) is 19.9 Å². The number of hydrogen-bond donors (Lipinski definition) is 6. The number of ether oxygens (including phenoxy) is 2. The molecule has 4 aromatic heterocycles. The molecule has 6 aromatic rings. The number of nitrogens with one attached hydrogen (secondary N) is 6. The van der Waals surface area contributed by atoms with Crippen LogP contribution in [0, 0.1) is 20.8 Å². The van der Waals surface area contributed by atoms with Gasteiger partial charge in [0.25, 0.3) is 0 Å². The Kier molecular flexibility index (Phi) is 23.1. The van der Waals surface area contributed by atoms with Gasteiger partial charge in [-0.2, -0.15) is 0 Å². The summed E-state index contributed by atoms with van der Waals surface area (Å²) >= 11 is 6.18. The third-order valence-corrected chi connectivity index (χ3v) is 15.5. The van der Waals surface area contributed by atoms with E-state index in [0.29, 0.717) is 49.5 Å². The number of carbonyl (C=O) groups excluding carboxylic acids is 4. The summed E-state index contributed by atoms with van der Waals surface area (Å²) in [5, 5.41) is 11.9. The first-order valence-electron chi connectivity index (χ1n) is 23.5. The Bertz CT molecular complexity index is 3290. The molecule has 0 atom stereocenters. The van der Waals surface area contributed by atoms with Crippen LogP contribution in [0.1, 0.15) is 107 Å². The highest BCUT2D eigenvalue weighted by molar-refractivity contribution is 9.11. The van der Waals surface area contributed by atoms with Gasteiger partial charge in [0.2, 0.25) is 31.9 Å². The minimum atomic E-state index is -3.93. The lowest BCUT2D eigenvalue weighted by molar-refractivity contribution is -0.115. The number of aryl methyl sites for hydroxylation is 3. The highest BCUT2D eigenvalue weighted by Crippen LogP contribution is 2.38. The van der Waals surface area contributed by atoms with Gasteiger partial charge in [0.05, 0.1) is 60.6 Å². The molecule has 0 aliphatic heterocycles. The van der Waals surface area contributed by atoms with Crippen LogP contribution in [0.25, 0.3) is 31.8 Å². The summed E-state index contributed by atoms with van der Waals surface area (Å²) in [6, 6.07) is 13.1. The van der Waals surface area contributed by atoms with Crippen LogP contribution < -0.4 is 30.7 Å². The maximum absolute atomic E-state index is 13.3. The van der Waals surface area contributed by atoms with E-state index in [0.717, 1.165) is 25.6 Å². The number of benzene rings is 2. The van der Waals surface area contributed by atoms with Crippen LogP contribution in [0.4, 0.5) is 32.3 Å². The van der Waals surface area contributed by atoms with Crippen LogP contribution >= 0.6 is 38.6 Å². The molecular weight excluding hydrogens is 1130 g/mol. The number of halogens is 1. The number of rotatable bonds is 13. The van der Waals surface area contributed by atoms with Crippen molar-refractivity contribution in [3.05, 3.63) is 93.8 Å². The first kappa shape index (κ1) is 65.1. The number of pyridine rings is 2.